The van der Waals surface area contributed by atoms with Crippen molar-refractivity contribution < 1.29 is 9.66 Å². The highest BCUT2D eigenvalue weighted by Gasteiger charge is 2.29. The maximum atomic E-state index is 11.9. The summed E-state index contributed by atoms with van der Waals surface area (Å²) in [5, 5.41) is 15.0. The van der Waals surface area contributed by atoms with E-state index in [1.54, 1.807) is 7.11 Å². The minimum absolute atomic E-state index is 0.0671. The van der Waals surface area contributed by atoms with E-state index in [4.69, 9.17) is 4.74 Å². The molecule has 166 valence electrons. The lowest BCUT2D eigenvalue weighted by Crippen LogP contribution is -2.35. The molecule has 8 heteroatoms. The van der Waals surface area contributed by atoms with Gasteiger partial charge in [0.15, 0.2) is 0 Å². The van der Waals surface area contributed by atoms with Crippen LogP contribution in [0.25, 0.3) is 0 Å². The molecule has 0 amide bonds. The molecule has 1 N–H and O–H groups in total. The van der Waals surface area contributed by atoms with Crippen LogP contribution in [0.5, 0.6) is 5.75 Å². The van der Waals surface area contributed by atoms with Gasteiger partial charge in [-0.1, -0.05) is 42.5 Å². The molecular formula is C24H27N5O3. The topological polar surface area (TPSA) is 93.4 Å². The van der Waals surface area contributed by atoms with Crippen LogP contribution in [-0.4, -0.2) is 35.1 Å². The number of nitro groups is 1. The maximum Gasteiger partial charge on any atom is 0.353 e. The van der Waals surface area contributed by atoms with Crippen molar-refractivity contribution in [3.05, 3.63) is 82.2 Å². The second-order valence-corrected chi connectivity index (χ2v) is 7.97. The standard InChI is InChI=1S/C24H27N5O3/c1-32-21-9-7-20(8-10-21)16-25-23-22(29(30)31)24(27-17-26-23)28-13-11-19(12-14-28)15-18-5-3-2-4-6-18/h2-10,17,19H,11-16H2,1H3,(H,25,26,27). The molecule has 1 aliphatic rings. The molecule has 0 bridgehead atoms. The summed E-state index contributed by atoms with van der Waals surface area (Å²) in [5.74, 6) is 1.96. The van der Waals surface area contributed by atoms with Crippen LogP contribution in [0.4, 0.5) is 17.3 Å². The molecule has 0 saturated carbocycles. The van der Waals surface area contributed by atoms with E-state index in [0.29, 0.717) is 18.3 Å². The van der Waals surface area contributed by atoms with Crippen LogP contribution in [0.2, 0.25) is 0 Å². The van der Waals surface area contributed by atoms with Crippen molar-refractivity contribution in [3.8, 4) is 5.75 Å². The largest absolute Gasteiger partial charge is 0.497 e. The van der Waals surface area contributed by atoms with Crippen molar-refractivity contribution in [1.29, 1.82) is 0 Å². The van der Waals surface area contributed by atoms with E-state index in [2.05, 4.69) is 39.6 Å². The van der Waals surface area contributed by atoms with E-state index in [9.17, 15) is 10.1 Å². The van der Waals surface area contributed by atoms with Gasteiger partial charge in [0.2, 0.25) is 11.6 Å². The Morgan fingerprint density at radius 2 is 1.78 bits per heavy atom. The number of rotatable bonds is 8. The van der Waals surface area contributed by atoms with Crippen LogP contribution in [0, 0.1) is 16.0 Å². The van der Waals surface area contributed by atoms with Crippen molar-refractivity contribution in [3.63, 3.8) is 0 Å². The van der Waals surface area contributed by atoms with Crippen LogP contribution in [0.1, 0.15) is 24.0 Å². The molecule has 2 aromatic carbocycles. The number of aromatic nitrogens is 2. The van der Waals surface area contributed by atoms with Gasteiger partial charge in [-0.2, -0.15) is 0 Å². The van der Waals surface area contributed by atoms with Crippen LogP contribution in [-0.2, 0) is 13.0 Å². The van der Waals surface area contributed by atoms with Crippen LogP contribution < -0.4 is 15.0 Å². The van der Waals surface area contributed by atoms with Gasteiger partial charge in [0.1, 0.15) is 12.1 Å². The minimum atomic E-state index is -0.387. The Balaban J connectivity index is 1.44. The molecule has 32 heavy (non-hydrogen) atoms. The number of hydrogen-bond acceptors (Lipinski definition) is 7. The number of anilines is 2. The number of piperidine rings is 1. The first kappa shape index (κ1) is 21.5. The minimum Gasteiger partial charge on any atom is -0.497 e. The zero-order valence-electron chi connectivity index (χ0n) is 18.1. The van der Waals surface area contributed by atoms with Crippen molar-refractivity contribution in [1.82, 2.24) is 9.97 Å². The molecule has 8 nitrogen and oxygen atoms in total. The number of hydrogen-bond donors (Lipinski definition) is 1. The number of ether oxygens (including phenoxy) is 1. The highest BCUT2D eigenvalue weighted by Crippen LogP contribution is 2.34. The molecule has 1 fully saturated rings. The van der Waals surface area contributed by atoms with Crippen LogP contribution in [0.15, 0.2) is 60.9 Å². The first-order chi connectivity index (χ1) is 15.6. The lowest BCUT2D eigenvalue weighted by atomic mass is 9.90. The van der Waals surface area contributed by atoms with Gasteiger partial charge in [-0.25, -0.2) is 9.97 Å². The monoisotopic (exact) mass is 433 g/mol. The first-order valence-corrected chi connectivity index (χ1v) is 10.8. The third kappa shape index (κ3) is 5.14. The molecule has 0 atom stereocenters. The smallest absolute Gasteiger partial charge is 0.353 e. The Kier molecular flexibility index (Phi) is 6.79. The van der Waals surface area contributed by atoms with Crippen molar-refractivity contribution >= 4 is 17.3 Å². The van der Waals surface area contributed by atoms with Gasteiger partial charge in [-0.05, 0) is 48.4 Å². The Morgan fingerprint density at radius 1 is 1.06 bits per heavy atom. The highest BCUT2D eigenvalue weighted by atomic mass is 16.6. The zero-order valence-corrected chi connectivity index (χ0v) is 18.1. The average molecular weight is 434 g/mol. The van der Waals surface area contributed by atoms with Gasteiger partial charge in [0.25, 0.3) is 0 Å². The molecule has 1 saturated heterocycles. The van der Waals surface area contributed by atoms with E-state index < -0.39 is 0 Å². The van der Waals surface area contributed by atoms with Gasteiger partial charge in [-0.3, -0.25) is 10.1 Å². The summed E-state index contributed by atoms with van der Waals surface area (Å²) < 4.78 is 5.17. The van der Waals surface area contributed by atoms with Gasteiger partial charge in [0, 0.05) is 19.6 Å². The SMILES string of the molecule is COc1ccc(CNc2ncnc(N3CCC(Cc4ccccc4)CC3)c2[N+](=O)[O-])cc1. The zero-order chi connectivity index (χ0) is 22.3. The lowest BCUT2D eigenvalue weighted by molar-refractivity contribution is -0.383. The van der Waals surface area contributed by atoms with E-state index in [-0.39, 0.29) is 16.4 Å². The first-order valence-electron chi connectivity index (χ1n) is 10.8. The predicted molar refractivity (Wildman–Crippen MR) is 124 cm³/mol. The van der Waals surface area contributed by atoms with E-state index in [1.807, 2.05) is 35.2 Å². The van der Waals surface area contributed by atoms with Gasteiger partial charge >= 0.3 is 5.69 Å². The second kappa shape index (κ2) is 10.1. The molecule has 0 spiro atoms. The molecule has 0 aliphatic carbocycles. The fourth-order valence-electron chi connectivity index (χ4n) is 4.12. The summed E-state index contributed by atoms with van der Waals surface area (Å²) in [6, 6.07) is 18.0. The van der Waals surface area contributed by atoms with Crippen molar-refractivity contribution in [2.24, 2.45) is 5.92 Å². The fourth-order valence-corrected chi connectivity index (χ4v) is 4.12. The molecule has 3 aromatic rings. The number of nitrogens with zero attached hydrogens (tertiary/aromatic N) is 4. The van der Waals surface area contributed by atoms with Crippen LogP contribution >= 0.6 is 0 Å². The van der Waals surface area contributed by atoms with E-state index >= 15 is 0 Å². The molecule has 1 aliphatic heterocycles. The third-order valence-corrected chi connectivity index (χ3v) is 5.89. The predicted octanol–water partition coefficient (Wildman–Crippen LogP) is 4.46. The van der Waals surface area contributed by atoms with Gasteiger partial charge < -0.3 is 15.0 Å². The Hall–Kier alpha value is -3.68. The number of nitrogens with one attached hydrogen (secondary N) is 1. The Bertz CT molecular complexity index is 1040. The Morgan fingerprint density at radius 3 is 2.44 bits per heavy atom. The normalized spacial score (nSPS) is 14.2. The van der Waals surface area contributed by atoms with E-state index in [0.717, 1.165) is 43.7 Å². The summed E-state index contributed by atoms with van der Waals surface area (Å²) in [5.41, 5.74) is 2.24. The summed E-state index contributed by atoms with van der Waals surface area (Å²) in [4.78, 5) is 22.0. The van der Waals surface area contributed by atoms with Crippen LogP contribution in [0.3, 0.4) is 0 Å². The Labute approximate surface area is 187 Å². The summed E-state index contributed by atoms with van der Waals surface area (Å²) in [6.45, 7) is 1.90. The average Bonchev–Trinajstić information content (AvgIpc) is 2.84. The molecular weight excluding hydrogens is 406 g/mol. The molecule has 0 unspecified atom stereocenters. The summed E-state index contributed by atoms with van der Waals surface area (Å²) in [7, 11) is 1.61. The molecule has 1 aromatic heterocycles. The summed E-state index contributed by atoms with van der Waals surface area (Å²) >= 11 is 0. The quantitative estimate of drug-likeness (QED) is 0.414. The highest BCUT2D eigenvalue weighted by molar-refractivity contribution is 5.70. The van der Waals surface area contributed by atoms with E-state index in [1.165, 1.54) is 11.9 Å². The fraction of sp³-hybridized carbons (Fsp3) is 0.333. The molecule has 0 radical (unpaired) electrons. The lowest BCUT2D eigenvalue weighted by Gasteiger charge is -2.32. The number of benzene rings is 2. The van der Waals surface area contributed by atoms with Gasteiger partial charge in [0.05, 0.1) is 12.0 Å². The summed E-state index contributed by atoms with van der Waals surface area (Å²) in [6.07, 6.45) is 4.39. The van der Waals surface area contributed by atoms with Crippen molar-refractivity contribution in [2.75, 3.05) is 30.4 Å². The molecule has 4 rings (SSSR count). The second-order valence-electron chi connectivity index (χ2n) is 7.97. The molecule has 2 heterocycles. The van der Waals surface area contributed by atoms with Gasteiger partial charge in [-0.15, -0.1) is 0 Å². The third-order valence-electron chi connectivity index (χ3n) is 5.89. The maximum absolute atomic E-state index is 11.9. The number of methoxy groups -OCH3 is 1. The van der Waals surface area contributed by atoms with Crippen molar-refractivity contribution in [2.45, 2.75) is 25.8 Å².